The molecule has 0 fully saturated rings. The van der Waals surface area contributed by atoms with Gasteiger partial charge in [-0.05, 0) is 31.4 Å². The first-order chi connectivity index (χ1) is 9.71. The molecule has 0 bridgehead atoms. The average Bonchev–Trinajstić information content (AvgIpc) is 2.43. The van der Waals surface area contributed by atoms with E-state index in [9.17, 15) is 9.59 Å². The Labute approximate surface area is 130 Å². The van der Waals surface area contributed by atoms with Crippen LogP contribution < -0.4 is 5.32 Å². The van der Waals surface area contributed by atoms with Gasteiger partial charge in [-0.1, -0.05) is 43.6 Å². The van der Waals surface area contributed by atoms with Crippen LogP contribution in [0.4, 0.5) is 0 Å². The van der Waals surface area contributed by atoms with E-state index in [0.29, 0.717) is 5.02 Å². The first kappa shape index (κ1) is 17.5. The largest absolute Gasteiger partial charge is 0.467 e. The minimum absolute atomic E-state index is 0.0663. The molecular formula is C16H22ClNO3. The summed E-state index contributed by atoms with van der Waals surface area (Å²) in [6.45, 7) is 7.26. The zero-order valence-electron chi connectivity index (χ0n) is 13.1. The molecular weight excluding hydrogens is 290 g/mol. The van der Waals surface area contributed by atoms with Crippen LogP contribution in [0.3, 0.4) is 0 Å². The van der Waals surface area contributed by atoms with Crippen LogP contribution in [0.5, 0.6) is 0 Å². The Kier molecular flexibility index (Phi) is 5.78. The molecule has 1 atom stereocenters. The molecule has 0 aromatic heterocycles. The molecule has 0 spiro atoms. The standard InChI is InChI=1S/C16H22ClNO3/c1-10(2)13(14(19)21-5)18-15(20)16(3,4)11-8-6-7-9-12(11)17/h6-10,13H,1-5H3,(H,18,20). The van der Waals surface area contributed by atoms with Gasteiger partial charge in [-0.15, -0.1) is 0 Å². The van der Waals surface area contributed by atoms with Crippen molar-refractivity contribution in [3.05, 3.63) is 34.9 Å². The summed E-state index contributed by atoms with van der Waals surface area (Å²) in [5.74, 6) is -0.781. The molecule has 0 aliphatic carbocycles. The van der Waals surface area contributed by atoms with Crippen LogP contribution in [-0.4, -0.2) is 25.0 Å². The van der Waals surface area contributed by atoms with Gasteiger partial charge < -0.3 is 10.1 Å². The number of methoxy groups -OCH3 is 1. The van der Waals surface area contributed by atoms with Crippen molar-refractivity contribution < 1.29 is 14.3 Å². The maximum atomic E-state index is 12.6. The third kappa shape index (κ3) is 3.97. The van der Waals surface area contributed by atoms with E-state index in [0.717, 1.165) is 5.56 Å². The van der Waals surface area contributed by atoms with Crippen molar-refractivity contribution in [2.45, 2.75) is 39.2 Å². The van der Waals surface area contributed by atoms with Crippen molar-refractivity contribution in [1.82, 2.24) is 5.32 Å². The van der Waals surface area contributed by atoms with Crippen LogP contribution in [0.1, 0.15) is 33.3 Å². The Hall–Kier alpha value is -1.55. The van der Waals surface area contributed by atoms with Crippen molar-refractivity contribution in [2.24, 2.45) is 5.92 Å². The summed E-state index contributed by atoms with van der Waals surface area (Å²) < 4.78 is 4.74. The van der Waals surface area contributed by atoms with Crippen LogP contribution in [-0.2, 0) is 19.7 Å². The fraction of sp³-hybridized carbons (Fsp3) is 0.500. The highest BCUT2D eigenvalue weighted by Crippen LogP contribution is 2.30. The second-order valence-electron chi connectivity index (χ2n) is 5.82. The van der Waals surface area contributed by atoms with E-state index in [1.807, 2.05) is 32.0 Å². The summed E-state index contributed by atoms with van der Waals surface area (Å²) in [6.07, 6.45) is 0. The molecule has 0 aliphatic heterocycles. The number of hydrogen-bond donors (Lipinski definition) is 1. The Balaban J connectivity index is 3.01. The van der Waals surface area contributed by atoms with Gasteiger partial charge in [0, 0.05) is 5.02 Å². The normalized spacial score (nSPS) is 12.9. The topological polar surface area (TPSA) is 55.4 Å². The number of carbonyl (C=O) groups excluding carboxylic acids is 2. The number of amides is 1. The molecule has 1 amide bonds. The van der Waals surface area contributed by atoms with Gasteiger partial charge in [0.15, 0.2) is 0 Å². The van der Waals surface area contributed by atoms with Gasteiger partial charge >= 0.3 is 5.97 Å². The van der Waals surface area contributed by atoms with Crippen molar-refractivity contribution in [3.63, 3.8) is 0 Å². The molecule has 21 heavy (non-hydrogen) atoms. The summed E-state index contributed by atoms with van der Waals surface area (Å²) >= 11 is 6.17. The van der Waals surface area contributed by atoms with Gasteiger partial charge in [-0.2, -0.15) is 0 Å². The van der Waals surface area contributed by atoms with Gasteiger partial charge in [0.2, 0.25) is 5.91 Å². The Morgan fingerprint density at radius 3 is 2.29 bits per heavy atom. The van der Waals surface area contributed by atoms with Crippen molar-refractivity contribution >= 4 is 23.5 Å². The van der Waals surface area contributed by atoms with E-state index in [1.54, 1.807) is 19.9 Å². The lowest BCUT2D eigenvalue weighted by Crippen LogP contribution is -2.51. The van der Waals surface area contributed by atoms with E-state index in [2.05, 4.69) is 5.32 Å². The summed E-state index contributed by atoms with van der Waals surface area (Å²) in [5, 5.41) is 3.29. The monoisotopic (exact) mass is 311 g/mol. The highest BCUT2D eigenvalue weighted by atomic mass is 35.5. The summed E-state index contributed by atoms with van der Waals surface area (Å²) in [7, 11) is 1.31. The molecule has 0 radical (unpaired) electrons. The quantitative estimate of drug-likeness (QED) is 0.851. The summed E-state index contributed by atoms with van der Waals surface area (Å²) in [4.78, 5) is 24.3. The van der Waals surface area contributed by atoms with Crippen LogP contribution >= 0.6 is 11.6 Å². The van der Waals surface area contributed by atoms with Gasteiger partial charge in [0.1, 0.15) is 6.04 Å². The van der Waals surface area contributed by atoms with Crippen molar-refractivity contribution in [3.8, 4) is 0 Å². The molecule has 1 aromatic rings. The fourth-order valence-corrected chi connectivity index (χ4v) is 2.41. The maximum Gasteiger partial charge on any atom is 0.328 e. The lowest BCUT2D eigenvalue weighted by Gasteiger charge is -2.29. The predicted molar refractivity (Wildman–Crippen MR) is 83.3 cm³/mol. The molecule has 0 saturated carbocycles. The number of rotatable bonds is 5. The third-order valence-electron chi connectivity index (χ3n) is 3.52. The van der Waals surface area contributed by atoms with Gasteiger partial charge in [-0.25, -0.2) is 4.79 Å². The van der Waals surface area contributed by atoms with E-state index < -0.39 is 17.4 Å². The average molecular weight is 312 g/mol. The molecule has 0 heterocycles. The number of hydrogen-bond acceptors (Lipinski definition) is 3. The van der Waals surface area contributed by atoms with E-state index in [-0.39, 0.29) is 11.8 Å². The first-order valence-corrected chi connectivity index (χ1v) is 7.23. The summed E-state index contributed by atoms with van der Waals surface area (Å²) in [6, 6.07) is 6.52. The van der Waals surface area contributed by atoms with E-state index in [4.69, 9.17) is 16.3 Å². The zero-order valence-corrected chi connectivity index (χ0v) is 13.8. The highest BCUT2D eigenvalue weighted by molar-refractivity contribution is 6.31. The molecule has 5 heteroatoms. The SMILES string of the molecule is COC(=O)C(NC(=O)C(C)(C)c1ccccc1Cl)C(C)C. The Morgan fingerprint density at radius 2 is 1.81 bits per heavy atom. The second-order valence-corrected chi connectivity index (χ2v) is 6.23. The van der Waals surface area contributed by atoms with Gasteiger partial charge in [0.25, 0.3) is 0 Å². The van der Waals surface area contributed by atoms with Crippen molar-refractivity contribution in [2.75, 3.05) is 7.11 Å². The zero-order chi connectivity index (χ0) is 16.2. The maximum absolute atomic E-state index is 12.6. The molecule has 4 nitrogen and oxygen atoms in total. The molecule has 0 aliphatic rings. The van der Waals surface area contributed by atoms with Gasteiger partial charge in [-0.3, -0.25) is 4.79 Å². The number of halogens is 1. The lowest BCUT2D eigenvalue weighted by atomic mass is 9.83. The minimum atomic E-state index is -0.848. The van der Waals surface area contributed by atoms with Crippen LogP contribution in [0, 0.1) is 5.92 Å². The molecule has 0 saturated heterocycles. The third-order valence-corrected chi connectivity index (χ3v) is 3.85. The molecule has 1 unspecified atom stereocenters. The number of nitrogens with one attached hydrogen (secondary N) is 1. The fourth-order valence-electron chi connectivity index (χ4n) is 2.04. The van der Waals surface area contributed by atoms with Crippen molar-refractivity contribution in [1.29, 1.82) is 0 Å². The van der Waals surface area contributed by atoms with Gasteiger partial charge in [0.05, 0.1) is 12.5 Å². The molecule has 1 rings (SSSR count). The molecule has 1 aromatic carbocycles. The van der Waals surface area contributed by atoms with E-state index >= 15 is 0 Å². The second kappa shape index (κ2) is 6.94. The van der Waals surface area contributed by atoms with Crippen LogP contribution in [0.15, 0.2) is 24.3 Å². The number of ether oxygens (including phenoxy) is 1. The number of carbonyl (C=O) groups is 2. The minimum Gasteiger partial charge on any atom is -0.467 e. The Morgan fingerprint density at radius 1 is 1.24 bits per heavy atom. The summed E-state index contributed by atoms with van der Waals surface area (Å²) in [5.41, 5.74) is -0.129. The number of benzene rings is 1. The predicted octanol–water partition coefficient (Wildman–Crippen LogP) is 2.93. The van der Waals surface area contributed by atoms with Crippen LogP contribution in [0.2, 0.25) is 5.02 Å². The Bertz CT molecular complexity index is 526. The first-order valence-electron chi connectivity index (χ1n) is 6.85. The lowest BCUT2D eigenvalue weighted by molar-refractivity contribution is -0.147. The molecule has 116 valence electrons. The molecule has 1 N–H and O–H groups in total. The van der Waals surface area contributed by atoms with Crippen LogP contribution in [0.25, 0.3) is 0 Å². The smallest absolute Gasteiger partial charge is 0.328 e. The van der Waals surface area contributed by atoms with E-state index in [1.165, 1.54) is 7.11 Å². The highest BCUT2D eigenvalue weighted by Gasteiger charge is 2.35. The number of esters is 1.